The van der Waals surface area contributed by atoms with Gasteiger partial charge < -0.3 is 25.2 Å². The summed E-state index contributed by atoms with van der Waals surface area (Å²) in [4.78, 5) is 18.7. The third-order valence-corrected chi connectivity index (χ3v) is 4.78. The lowest BCUT2D eigenvalue weighted by Crippen LogP contribution is -2.54. The average Bonchev–Trinajstić information content (AvgIpc) is 3.33. The molecule has 1 heterocycles. The first-order valence-electron chi connectivity index (χ1n) is 8.69. The van der Waals surface area contributed by atoms with E-state index in [2.05, 4.69) is 15.9 Å². The van der Waals surface area contributed by atoms with Crippen LogP contribution in [0.15, 0.2) is 24.3 Å². The fraction of sp³-hybridized carbons (Fsp3) is 0.611. The van der Waals surface area contributed by atoms with E-state index in [0.717, 1.165) is 57.0 Å². The zero-order chi connectivity index (χ0) is 17.2. The third-order valence-electron chi connectivity index (χ3n) is 4.78. The molecule has 1 aromatic rings. The molecule has 0 aromatic heterocycles. The fourth-order valence-corrected chi connectivity index (χ4v) is 2.99. The minimum absolute atomic E-state index is 0.123. The van der Waals surface area contributed by atoms with Gasteiger partial charge in [-0.2, -0.15) is 0 Å². The van der Waals surface area contributed by atoms with Crippen molar-refractivity contribution in [2.24, 2.45) is 5.73 Å². The number of rotatable bonds is 6. The van der Waals surface area contributed by atoms with E-state index >= 15 is 0 Å². The number of nitrogens with zero attached hydrogens (tertiary/aromatic N) is 3. The number of likely N-dealkylation sites (N-methyl/N-ethyl adjacent to an activating group) is 1. The van der Waals surface area contributed by atoms with Gasteiger partial charge >= 0.3 is 0 Å². The Balaban J connectivity index is 1.59. The molecule has 1 amide bonds. The number of amides is 1. The molecule has 2 N–H and O–H groups in total. The first-order valence-corrected chi connectivity index (χ1v) is 8.69. The molecule has 2 fully saturated rings. The molecule has 132 valence electrons. The Labute approximate surface area is 144 Å². The molecule has 1 saturated heterocycles. The van der Waals surface area contributed by atoms with E-state index in [9.17, 15) is 4.79 Å². The standard InChI is InChI=1S/C18H28N4O2/c1-20(2)13-14-24-16-6-4-3-5-15(16)21-9-11-22(12-10-21)17(23)18(19)7-8-18/h3-6H,7-14,19H2,1-2H3. The monoisotopic (exact) mass is 332 g/mol. The molecule has 1 aliphatic carbocycles. The summed E-state index contributed by atoms with van der Waals surface area (Å²) < 4.78 is 5.96. The van der Waals surface area contributed by atoms with E-state index in [-0.39, 0.29) is 5.91 Å². The van der Waals surface area contributed by atoms with Crippen LogP contribution in [0.5, 0.6) is 5.75 Å². The molecule has 1 saturated carbocycles. The van der Waals surface area contributed by atoms with Crippen molar-refractivity contribution in [2.75, 3.05) is 58.3 Å². The lowest BCUT2D eigenvalue weighted by molar-refractivity contribution is -0.133. The number of nitrogens with two attached hydrogens (primary N) is 1. The van der Waals surface area contributed by atoms with Crippen LogP contribution in [-0.2, 0) is 4.79 Å². The second-order valence-corrected chi connectivity index (χ2v) is 7.05. The number of piperazine rings is 1. The maximum Gasteiger partial charge on any atom is 0.242 e. The van der Waals surface area contributed by atoms with Crippen molar-refractivity contribution in [3.05, 3.63) is 24.3 Å². The van der Waals surface area contributed by atoms with Gasteiger partial charge in [0.05, 0.1) is 11.2 Å². The van der Waals surface area contributed by atoms with Gasteiger partial charge in [-0.15, -0.1) is 0 Å². The predicted octanol–water partition coefficient (Wildman–Crippen LogP) is 0.767. The normalized spacial score (nSPS) is 19.5. The van der Waals surface area contributed by atoms with E-state index in [0.29, 0.717) is 6.61 Å². The molecule has 0 bridgehead atoms. The van der Waals surface area contributed by atoms with Crippen LogP contribution in [0.25, 0.3) is 0 Å². The van der Waals surface area contributed by atoms with Gasteiger partial charge in [0.2, 0.25) is 5.91 Å². The van der Waals surface area contributed by atoms with E-state index in [1.165, 1.54) is 0 Å². The van der Waals surface area contributed by atoms with Crippen LogP contribution in [0.3, 0.4) is 0 Å². The fourth-order valence-electron chi connectivity index (χ4n) is 2.99. The molecule has 0 spiro atoms. The zero-order valence-electron chi connectivity index (χ0n) is 14.7. The van der Waals surface area contributed by atoms with E-state index in [4.69, 9.17) is 10.5 Å². The minimum Gasteiger partial charge on any atom is -0.490 e. The first kappa shape index (κ1) is 17.0. The van der Waals surface area contributed by atoms with Gasteiger partial charge in [-0.1, -0.05) is 12.1 Å². The number of para-hydroxylation sites is 2. The lowest BCUT2D eigenvalue weighted by Gasteiger charge is -2.37. The molecular weight excluding hydrogens is 304 g/mol. The van der Waals surface area contributed by atoms with Gasteiger partial charge in [0.1, 0.15) is 12.4 Å². The van der Waals surface area contributed by atoms with Crippen LogP contribution in [0.1, 0.15) is 12.8 Å². The number of hydrogen-bond donors (Lipinski definition) is 1. The number of carbonyl (C=O) groups is 1. The molecule has 0 radical (unpaired) electrons. The molecule has 3 rings (SSSR count). The van der Waals surface area contributed by atoms with Crippen LogP contribution >= 0.6 is 0 Å². The van der Waals surface area contributed by atoms with Crippen molar-refractivity contribution >= 4 is 11.6 Å². The first-order chi connectivity index (χ1) is 11.5. The van der Waals surface area contributed by atoms with E-state index in [1.807, 2.05) is 37.2 Å². The minimum atomic E-state index is -0.560. The van der Waals surface area contributed by atoms with Crippen molar-refractivity contribution in [3.8, 4) is 5.75 Å². The summed E-state index contributed by atoms with van der Waals surface area (Å²) in [5, 5.41) is 0. The summed E-state index contributed by atoms with van der Waals surface area (Å²) in [6.07, 6.45) is 1.66. The van der Waals surface area contributed by atoms with Gasteiger partial charge in [-0.05, 0) is 39.1 Å². The molecule has 2 aliphatic rings. The number of ether oxygens (including phenoxy) is 1. The molecule has 6 nitrogen and oxygen atoms in total. The smallest absolute Gasteiger partial charge is 0.242 e. The second kappa shape index (κ2) is 6.99. The van der Waals surface area contributed by atoms with E-state index < -0.39 is 5.54 Å². The molecule has 0 atom stereocenters. The highest BCUT2D eigenvalue weighted by molar-refractivity contribution is 5.89. The van der Waals surface area contributed by atoms with Gasteiger partial charge in [-0.25, -0.2) is 0 Å². The molecular formula is C18H28N4O2. The highest BCUT2D eigenvalue weighted by atomic mass is 16.5. The predicted molar refractivity (Wildman–Crippen MR) is 95.4 cm³/mol. The maximum absolute atomic E-state index is 12.4. The summed E-state index contributed by atoms with van der Waals surface area (Å²) in [6, 6.07) is 8.14. The summed E-state index contributed by atoms with van der Waals surface area (Å²) in [5.41, 5.74) is 6.59. The zero-order valence-corrected chi connectivity index (χ0v) is 14.7. The number of hydrogen-bond acceptors (Lipinski definition) is 5. The highest BCUT2D eigenvalue weighted by Crippen LogP contribution is 2.35. The number of carbonyl (C=O) groups excluding carboxylic acids is 1. The van der Waals surface area contributed by atoms with Crippen molar-refractivity contribution in [2.45, 2.75) is 18.4 Å². The molecule has 1 aromatic carbocycles. The number of benzene rings is 1. The summed E-state index contributed by atoms with van der Waals surface area (Å²) in [5.74, 6) is 1.04. The quantitative estimate of drug-likeness (QED) is 0.834. The van der Waals surface area contributed by atoms with Crippen molar-refractivity contribution < 1.29 is 9.53 Å². The van der Waals surface area contributed by atoms with Crippen LogP contribution in [-0.4, -0.2) is 74.7 Å². The Morgan fingerprint density at radius 2 is 1.88 bits per heavy atom. The molecule has 1 aliphatic heterocycles. The van der Waals surface area contributed by atoms with Crippen molar-refractivity contribution in [1.82, 2.24) is 9.80 Å². The maximum atomic E-state index is 12.4. The van der Waals surface area contributed by atoms with Crippen LogP contribution in [0, 0.1) is 0 Å². The van der Waals surface area contributed by atoms with Gasteiger partial charge in [0.25, 0.3) is 0 Å². The molecule has 6 heteroatoms. The molecule has 24 heavy (non-hydrogen) atoms. The summed E-state index contributed by atoms with van der Waals surface area (Å²) in [7, 11) is 4.07. The second-order valence-electron chi connectivity index (χ2n) is 7.05. The number of anilines is 1. The Morgan fingerprint density at radius 3 is 2.50 bits per heavy atom. The SMILES string of the molecule is CN(C)CCOc1ccccc1N1CCN(C(=O)C2(N)CC2)CC1. The van der Waals surface area contributed by atoms with E-state index in [1.54, 1.807) is 0 Å². The van der Waals surface area contributed by atoms with Crippen LogP contribution < -0.4 is 15.4 Å². The van der Waals surface area contributed by atoms with Gasteiger partial charge in [0, 0.05) is 32.7 Å². The Morgan fingerprint density at radius 1 is 1.21 bits per heavy atom. The topological polar surface area (TPSA) is 62.0 Å². The summed E-state index contributed by atoms with van der Waals surface area (Å²) in [6.45, 7) is 4.63. The van der Waals surface area contributed by atoms with Crippen LogP contribution in [0.2, 0.25) is 0 Å². The summed E-state index contributed by atoms with van der Waals surface area (Å²) >= 11 is 0. The average molecular weight is 332 g/mol. The van der Waals surface area contributed by atoms with Crippen molar-refractivity contribution in [3.63, 3.8) is 0 Å². The highest BCUT2D eigenvalue weighted by Gasteiger charge is 2.48. The Hall–Kier alpha value is -1.79. The van der Waals surface area contributed by atoms with Crippen molar-refractivity contribution in [1.29, 1.82) is 0 Å². The Bertz CT molecular complexity index is 578. The third kappa shape index (κ3) is 3.82. The Kier molecular flexibility index (Phi) is 4.96. The molecule has 0 unspecified atom stereocenters. The van der Waals surface area contributed by atoms with Gasteiger partial charge in [0.15, 0.2) is 0 Å². The lowest BCUT2D eigenvalue weighted by atomic mass is 10.2. The van der Waals surface area contributed by atoms with Crippen LogP contribution in [0.4, 0.5) is 5.69 Å². The van der Waals surface area contributed by atoms with Gasteiger partial charge in [-0.3, -0.25) is 4.79 Å². The largest absolute Gasteiger partial charge is 0.490 e.